The second-order valence-electron chi connectivity index (χ2n) is 4.14. The Morgan fingerprint density at radius 2 is 2.28 bits per heavy atom. The van der Waals surface area contributed by atoms with Crippen LogP contribution in [0.25, 0.3) is 0 Å². The Balaban J connectivity index is 2.60. The number of nitriles is 1. The quantitative estimate of drug-likeness (QED) is 0.868. The minimum Gasteiger partial charge on any atom is -0.327 e. The minimum atomic E-state index is -0.0848. The van der Waals surface area contributed by atoms with Crippen LogP contribution in [0, 0.1) is 25.2 Å². The molecule has 0 saturated carbocycles. The summed E-state index contributed by atoms with van der Waals surface area (Å²) in [7, 11) is 0. The van der Waals surface area contributed by atoms with Gasteiger partial charge in [-0.2, -0.15) is 17.0 Å². The zero-order valence-corrected chi connectivity index (χ0v) is 12.4. The van der Waals surface area contributed by atoms with Crippen molar-refractivity contribution in [2.45, 2.75) is 26.8 Å². The fourth-order valence-electron chi connectivity index (χ4n) is 1.35. The molecule has 1 heterocycles. The molecule has 3 N–H and O–H groups in total. The van der Waals surface area contributed by atoms with Gasteiger partial charge in [0.25, 0.3) is 0 Å². The zero-order chi connectivity index (χ0) is 13.7. The highest BCUT2D eigenvalue weighted by atomic mass is 32.2. The van der Waals surface area contributed by atoms with E-state index in [2.05, 4.69) is 11.4 Å². The summed E-state index contributed by atoms with van der Waals surface area (Å²) in [6.45, 7) is 5.75. The molecule has 1 aromatic rings. The second kappa shape index (κ2) is 6.78. The number of hydrogen-bond acceptors (Lipinski definition) is 5. The van der Waals surface area contributed by atoms with Crippen LogP contribution in [-0.2, 0) is 4.79 Å². The van der Waals surface area contributed by atoms with Gasteiger partial charge in [-0.3, -0.25) is 4.79 Å². The standard InChI is InChI=1S/C12H17N3OS2/c1-7(14)5-17-6-11(16)15-12-10(4-13)8(2)9(3)18-12/h7H,5-6,14H2,1-3H3,(H,15,16). The highest BCUT2D eigenvalue weighted by Crippen LogP contribution is 2.31. The van der Waals surface area contributed by atoms with Crippen LogP contribution in [0.3, 0.4) is 0 Å². The van der Waals surface area contributed by atoms with E-state index in [1.807, 2.05) is 20.8 Å². The van der Waals surface area contributed by atoms with Crippen LogP contribution in [0.15, 0.2) is 0 Å². The van der Waals surface area contributed by atoms with Gasteiger partial charge in [0, 0.05) is 16.7 Å². The van der Waals surface area contributed by atoms with Crippen LogP contribution in [0.5, 0.6) is 0 Å². The molecular weight excluding hydrogens is 266 g/mol. The fraction of sp³-hybridized carbons (Fsp3) is 0.500. The van der Waals surface area contributed by atoms with Crippen LogP contribution >= 0.6 is 23.1 Å². The van der Waals surface area contributed by atoms with Gasteiger partial charge in [-0.1, -0.05) is 0 Å². The van der Waals surface area contributed by atoms with E-state index in [1.54, 1.807) is 0 Å². The summed E-state index contributed by atoms with van der Waals surface area (Å²) < 4.78 is 0. The van der Waals surface area contributed by atoms with Crippen molar-refractivity contribution in [1.82, 2.24) is 0 Å². The molecule has 0 radical (unpaired) electrons. The third-order valence-corrected chi connectivity index (χ3v) is 4.71. The van der Waals surface area contributed by atoms with E-state index in [0.29, 0.717) is 16.3 Å². The van der Waals surface area contributed by atoms with Crippen LogP contribution in [0.1, 0.15) is 22.9 Å². The van der Waals surface area contributed by atoms with E-state index in [0.717, 1.165) is 16.2 Å². The Bertz CT molecular complexity index is 474. The molecule has 0 aliphatic rings. The van der Waals surface area contributed by atoms with E-state index in [4.69, 9.17) is 11.0 Å². The predicted molar refractivity (Wildman–Crippen MR) is 78.1 cm³/mol. The average molecular weight is 283 g/mol. The lowest BCUT2D eigenvalue weighted by Crippen LogP contribution is -2.20. The lowest BCUT2D eigenvalue weighted by molar-refractivity contribution is -0.113. The fourth-order valence-corrected chi connectivity index (χ4v) is 3.12. The van der Waals surface area contributed by atoms with Crippen molar-refractivity contribution in [2.75, 3.05) is 16.8 Å². The Kier molecular flexibility index (Phi) is 5.66. The number of nitrogens with zero attached hydrogens (tertiary/aromatic N) is 1. The van der Waals surface area contributed by atoms with Gasteiger partial charge < -0.3 is 11.1 Å². The Hall–Kier alpha value is -1.03. The normalized spacial score (nSPS) is 11.9. The first-order valence-electron chi connectivity index (χ1n) is 5.59. The molecule has 0 fully saturated rings. The highest BCUT2D eigenvalue weighted by Gasteiger charge is 2.14. The molecule has 0 saturated heterocycles. The van der Waals surface area contributed by atoms with Crippen molar-refractivity contribution in [3.8, 4) is 6.07 Å². The number of thioether (sulfide) groups is 1. The molecule has 6 heteroatoms. The maximum atomic E-state index is 11.7. The third-order valence-electron chi connectivity index (χ3n) is 2.36. The van der Waals surface area contributed by atoms with Gasteiger partial charge >= 0.3 is 0 Å². The number of amides is 1. The van der Waals surface area contributed by atoms with Gasteiger partial charge in [-0.05, 0) is 26.3 Å². The summed E-state index contributed by atoms with van der Waals surface area (Å²) >= 11 is 2.94. The third kappa shape index (κ3) is 4.02. The van der Waals surface area contributed by atoms with E-state index in [1.165, 1.54) is 23.1 Å². The summed E-state index contributed by atoms with van der Waals surface area (Å²) in [6.07, 6.45) is 0. The SMILES string of the molecule is Cc1sc(NC(=O)CSCC(C)N)c(C#N)c1C. The van der Waals surface area contributed by atoms with Gasteiger partial charge in [0.15, 0.2) is 0 Å². The van der Waals surface area contributed by atoms with Crippen LogP contribution in [0.4, 0.5) is 5.00 Å². The summed E-state index contributed by atoms with van der Waals surface area (Å²) in [5, 5.41) is 12.5. The molecule has 1 unspecified atom stereocenters. The lowest BCUT2D eigenvalue weighted by atomic mass is 10.2. The Labute approximate surface area is 116 Å². The van der Waals surface area contributed by atoms with Gasteiger partial charge in [0.05, 0.1) is 11.3 Å². The first-order chi connectivity index (χ1) is 8.45. The Morgan fingerprint density at radius 1 is 1.61 bits per heavy atom. The predicted octanol–water partition coefficient (Wildman–Crippen LogP) is 2.26. The average Bonchev–Trinajstić information content (AvgIpc) is 2.53. The molecule has 1 rings (SSSR count). The van der Waals surface area contributed by atoms with E-state index >= 15 is 0 Å². The number of anilines is 1. The van der Waals surface area contributed by atoms with Crippen molar-refractivity contribution < 1.29 is 4.79 Å². The summed E-state index contributed by atoms with van der Waals surface area (Å²) in [5.74, 6) is 1.03. The molecule has 0 aliphatic carbocycles. The number of thiophene rings is 1. The molecule has 1 atom stereocenters. The number of aryl methyl sites for hydroxylation is 1. The summed E-state index contributed by atoms with van der Waals surface area (Å²) in [6, 6.07) is 2.22. The maximum absolute atomic E-state index is 11.7. The van der Waals surface area contributed by atoms with Crippen molar-refractivity contribution in [3.05, 3.63) is 16.0 Å². The number of nitrogens with two attached hydrogens (primary N) is 1. The van der Waals surface area contributed by atoms with E-state index in [9.17, 15) is 4.79 Å². The molecule has 0 spiro atoms. The van der Waals surface area contributed by atoms with Gasteiger partial charge in [-0.15, -0.1) is 11.3 Å². The zero-order valence-electron chi connectivity index (χ0n) is 10.7. The molecule has 1 aromatic heterocycles. The van der Waals surface area contributed by atoms with Crippen molar-refractivity contribution in [1.29, 1.82) is 5.26 Å². The largest absolute Gasteiger partial charge is 0.327 e. The smallest absolute Gasteiger partial charge is 0.235 e. The molecule has 0 bridgehead atoms. The number of nitrogens with one attached hydrogen (secondary N) is 1. The summed E-state index contributed by atoms with van der Waals surface area (Å²) in [5.41, 5.74) is 7.12. The first kappa shape index (κ1) is 15.0. The van der Waals surface area contributed by atoms with Crippen molar-refractivity contribution in [2.24, 2.45) is 5.73 Å². The van der Waals surface area contributed by atoms with Crippen LogP contribution in [-0.4, -0.2) is 23.5 Å². The maximum Gasteiger partial charge on any atom is 0.235 e. The Morgan fingerprint density at radius 3 is 2.83 bits per heavy atom. The molecule has 1 amide bonds. The molecule has 0 aliphatic heterocycles. The first-order valence-corrected chi connectivity index (χ1v) is 7.56. The molecule has 0 aromatic carbocycles. The van der Waals surface area contributed by atoms with E-state index in [-0.39, 0.29) is 11.9 Å². The van der Waals surface area contributed by atoms with E-state index < -0.39 is 0 Å². The molecular formula is C12H17N3OS2. The van der Waals surface area contributed by atoms with Crippen molar-refractivity contribution >= 4 is 34.0 Å². The highest BCUT2D eigenvalue weighted by molar-refractivity contribution is 8.00. The number of rotatable bonds is 5. The molecule has 4 nitrogen and oxygen atoms in total. The monoisotopic (exact) mass is 283 g/mol. The summed E-state index contributed by atoms with van der Waals surface area (Å²) in [4.78, 5) is 12.8. The topological polar surface area (TPSA) is 78.9 Å². The molecule has 18 heavy (non-hydrogen) atoms. The number of hydrogen-bond donors (Lipinski definition) is 2. The van der Waals surface area contributed by atoms with Crippen molar-refractivity contribution in [3.63, 3.8) is 0 Å². The van der Waals surface area contributed by atoms with Crippen LogP contribution < -0.4 is 11.1 Å². The minimum absolute atomic E-state index is 0.0848. The lowest BCUT2D eigenvalue weighted by Gasteiger charge is -2.05. The number of carbonyl (C=O) groups excluding carboxylic acids is 1. The van der Waals surface area contributed by atoms with Gasteiger partial charge in [-0.25, -0.2) is 0 Å². The second-order valence-corrected chi connectivity index (χ2v) is 6.39. The number of carbonyl (C=O) groups is 1. The molecule has 98 valence electrons. The van der Waals surface area contributed by atoms with Gasteiger partial charge in [0.1, 0.15) is 11.1 Å². The van der Waals surface area contributed by atoms with Gasteiger partial charge in [0.2, 0.25) is 5.91 Å². The van der Waals surface area contributed by atoms with Crippen LogP contribution in [0.2, 0.25) is 0 Å².